The smallest absolute Gasteiger partial charge is 0.235 e. The molecule has 7 heteroatoms. The van der Waals surface area contributed by atoms with E-state index >= 15 is 0 Å². The van der Waals surface area contributed by atoms with Crippen LogP contribution in [-0.2, 0) is 4.79 Å². The van der Waals surface area contributed by atoms with Gasteiger partial charge in [0.15, 0.2) is 5.82 Å². The van der Waals surface area contributed by atoms with Crippen molar-refractivity contribution in [3.05, 3.63) is 46.6 Å². The minimum Gasteiger partial charge on any atom is -0.508 e. The second-order valence-corrected chi connectivity index (χ2v) is 5.71. The maximum absolute atomic E-state index is 11.8. The Morgan fingerprint density at radius 3 is 2.85 bits per heavy atom. The molecule has 2 N–H and O–H groups in total. The Morgan fingerprint density at radius 2 is 2.15 bits per heavy atom. The number of hydrogen-bond acceptors (Lipinski definition) is 4. The maximum atomic E-state index is 11.8. The first-order chi connectivity index (χ1) is 9.54. The number of aromatic hydroxyl groups is 1. The highest BCUT2D eigenvalue weighted by Gasteiger charge is 2.08. The lowest BCUT2D eigenvalue weighted by molar-refractivity contribution is -0.113. The molecule has 0 aliphatic rings. The lowest BCUT2D eigenvalue weighted by atomic mass is 10.3. The van der Waals surface area contributed by atoms with Crippen LogP contribution in [0.15, 0.2) is 41.4 Å². The number of rotatable bonds is 4. The predicted octanol–water partition coefficient (Wildman–Crippen LogP) is 3.82. The van der Waals surface area contributed by atoms with Crippen molar-refractivity contribution in [3.8, 4) is 5.75 Å². The molecule has 1 heterocycles. The Kier molecular flexibility index (Phi) is 5.11. The van der Waals surface area contributed by atoms with Gasteiger partial charge in [0.05, 0.1) is 15.8 Å². The largest absolute Gasteiger partial charge is 0.508 e. The highest BCUT2D eigenvalue weighted by Crippen LogP contribution is 2.24. The van der Waals surface area contributed by atoms with Crippen LogP contribution in [-0.4, -0.2) is 21.8 Å². The number of phenolic OH excluding ortho intramolecular Hbond substituents is 1. The maximum Gasteiger partial charge on any atom is 0.235 e. The Bertz CT molecular complexity index is 638. The van der Waals surface area contributed by atoms with Gasteiger partial charge >= 0.3 is 0 Å². The summed E-state index contributed by atoms with van der Waals surface area (Å²) in [5.74, 6) is 0.384. The highest BCUT2D eigenvalue weighted by molar-refractivity contribution is 8.00. The molecule has 1 aromatic heterocycles. The number of amides is 1. The number of pyridine rings is 1. The van der Waals surface area contributed by atoms with E-state index in [9.17, 15) is 9.90 Å². The van der Waals surface area contributed by atoms with Gasteiger partial charge in [-0.3, -0.25) is 4.79 Å². The summed E-state index contributed by atoms with van der Waals surface area (Å²) in [6, 6.07) is 8.19. The van der Waals surface area contributed by atoms with Gasteiger partial charge in [0.1, 0.15) is 5.75 Å². The van der Waals surface area contributed by atoms with Gasteiger partial charge in [0.2, 0.25) is 5.91 Å². The van der Waals surface area contributed by atoms with Crippen LogP contribution < -0.4 is 5.32 Å². The zero-order valence-corrected chi connectivity index (χ0v) is 12.5. The molecular formula is C13H10Cl2N2O2S. The molecule has 1 aromatic carbocycles. The third-order valence-electron chi connectivity index (χ3n) is 2.25. The topological polar surface area (TPSA) is 62.2 Å². The molecule has 20 heavy (non-hydrogen) atoms. The van der Waals surface area contributed by atoms with Gasteiger partial charge in [0, 0.05) is 11.1 Å². The molecule has 0 saturated heterocycles. The number of halogens is 2. The van der Waals surface area contributed by atoms with Gasteiger partial charge < -0.3 is 10.4 Å². The van der Waals surface area contributed by atoms with E-state index in [4.69, 9.17) is 23.2 Å². The molecule has 1 amide bonds. The monoisotopic (exact) mass is 328 g/mol. The van der Waals surface area contributed by atoms with Crippen molar-refractivity contribution in [2.24, 2.45) is 0 Å². The second-order valence-electron chi connectivity index (χ2n) is 3.82. The van der Waals surface area contributed by atoms with Gasteiger partial charge in [-0.25, -0.2) is 4.98 Å². The fraction of sp³-hybridized carbons (Fsp3) is 0.0769. The standard InChI is InChI=1S/C13H10Cl2N2O2S/c14-8-4-11(15)13(16-6-8)17-12(19)7-20-10-3-1-2-9(18)5-10/h1-6,18H,7H2,(H,16,17,19). The first-order valence-electron chi connectivity index (χ1n) is 5.57. The zero-order chi connectivity index (χ0) is 14.5. The fourth-order valence-electron chi connectivity index (χ4n) is 1.40. The zero-order valence-electron chi connectivity index (χ0n) is 10.1. The van der Waals surface area contributed by atoms with E-state index in [-0.39, 0.29) is 28.3 Å². The molecule has 0 bridgehead atoms. The van der Waals surface area contributed by atoms with E-state index in [2.05, 4.69) is 10.3 Å². The summed E-state index contributed by atoms with van der Waals surface area (Å²) >= 11 is 12.9. The summed E-state index contributed by atoms with van der Waals surface area (Å²) in [6.45, 7) is 0. The molecule has 0 aliphatic carbocycles. The summed E-state index contributed by atoms with van der Waals surface area (Å²) in [5, 5.41) is 12.6. The van der Waals surface area contributed by atoms with E-state index < -0.39 is 0 Å². The Morgan fingerprint density at radius 1 is 1.35 bits per heavy atom. The van der Waals surface area contributed by atoms with Gasteiger partial charge in [-0.1, -0.05) is 29.3 Å². The van der Waals surface area contributed by atoms with Crippen LogP contribution >= 0.6 is 35.0 Å². The summed E-state index contributed by atoms with van der Waals surface area (Å²) in [5.41, 5.74) is 0. The fourth-order valence-corrected chi connectivity index (χ4v) is 2.57. The number of aromatic nitrogens is 1. The van der Waals surface area contributed by atoms with Crippen LogP contribution in [0.4, 0.5) is 5.82 Å². The molecule has 2 rings (SSSR count). The van der Waals surface area contributed by atoms with Crippen molar-refractivity contribution in [1.29, 1.82) is 0 Å². The van der Waals surface area contributed by atoms with Crippen molar-refractivity contribution in [1.82, 2.24) is 4.98 Å². The number of carbonyl (C=O) groups excluding carboxylic acids is 1. The van der Waals surface area contributed by atoms with Crippen LogP contribution in [0.2, 0.25) is 10.0 Å². The van der Waals surface area contributed by atoms with Crippen LogP contribution in [0, 0.1) is 0 Å². The molecular weight excluding hydrogens is 319 g/mol. The van der Waals surface area contributed by atoms with Gasteiger partial charge in [0.25, 0.3) is 0 Å². The molecule has 0 spiro atoms. The number of benzene rings is 1. The van der Waals surface area contributed by atoms with Crippen molar-refractivity contribution < 1.29 is 9.90 Å². The molecule has 0 radical (unpaired) electrons. The Hall–Kier alpha value is -1.43. The molecule has 0 unspecified atom stereocenters. The van der Waals surface area contributed by atoms with Gasteiger partial charge in [-0.15, -0.1) is 11.8 Å². The molecule has 2 aromatic rings. The summed E-state index contributed by atoms with van der Waals surface area (Å²) in [6.07, 6.45) is 1.41. The number of anilines is 1. The number of nitrogens with zero attached hydrogens (tertiary/aromatic N) is 1. The third kappa shape index (κ3) is 4.30. The minimum absolute atomic E-state index is 0.165. The molecule has 0 atom stereocenters. The lowest BCUT2D eigenvalue weighted by Gasteiger charge is -2.06. The van der Waals surface area contributed by atoms with Crippen LogP contribution in [0.3, 0.4) is 0 Å². The Balaban J connectivity index is 1.92. The number of phenols is 1. The van der Waals surface area contributed by atoms with Gasteiger partial charge in [-0.05, 0) is 24.3 Å². The SMILES string of the molecule is O=C(CSc1cccc(O)c1)Nc1ncc(Cl)cc1Cl. The quantitative estimate of drug-likeness (QED) is 0.837. The van der Waals surface area contributed by atoms with E-state index in [1.165, 1.54) is 24.0 Å². The average molecular weight is 329 g/mol. The van der Waals surface area contributed by atoms with Crippen molar-refractivity contribution in [2.45, 2.75) is 4.90 Å². The minimum atomic E-state index is -0.241. The second kappa shape index (κ2) is 6.83. The molecule has 104 valence electrons. The molecule has 0 saturated carbocycles. The third-order valence-corrected chi connectivity index (χ3v) is 3.74. The predicted molar refractivity (Wildman–Crippen MR) is 81.7 cm³/mol. The van der Waals surface area contributed by atoms with E-state index in [1.54, 1.807) is 18.2 Å². The van der Waals surface area contributed by atoms with E-state index in [0.717, 1.165) is 4.90 Å². The van der Waals surface area contributed by atoms with Crippen molar-refractivity contribution >= 4 is 46.7 Å². The van der Waals surface area contributed by atoms with E-state index in [0.29, 0.717) is 5.02 Å². The van der Waals surface area contributed by atoms with Crippen LogP contribution in [0.1, 0.15) is 0 Å². The highest BCUT2D eigenvalue weighted by atomic mass is 35.5. The van der Waals surface area contributed by atoms with Gasteiger partial charge in [-0.2, -0.15) is 0 Å². The normalized spacial score (nSPS) is 10.3. The number of hydrogen-bond donors (Lipinski definition) is 2. The summed E-state index contributed by atoms with van der Waals surface area (Å²) < 4.78 is 0. The first-order valence-corrected chi connectivity index (χ1v) is 7.31. The van der Waals surface area contributed by atoms with E-state index in [1.807, 2.05) is 6.07 Å². The average Bonchev–Trinajstić information content (AvgIpc) is 2.40. The lowest BCUT2D eigenvalue weighted by Crippen LogP contribution is -2.15. The number of carbonyl (C=O) groups is 1. The summed E-state index contributed by atoms with van der Waals surface area (Å²) in [7, 11) is 0. The number of nitrogens with one attached hydrogen (secondary N) is 1. The molecule has 0 fully saturated rings. The summed E-state index contributed by atoms with van der Waals surface area (Å²) in [4.78, 5) is 16.5. The number of thioether (sulfide) groups is 1. The van der Waals surface area contributed by atoms with Crippen LogP contribution in [0.5, 0.6) is 5.75 Å². The van der Waals surface area contributed by atoms with Crippen LogP contribution in [0.25, 0.3) is 0 Å². The van der Waals surface area contributed by atoms with Crippen molar-refractivity contribution in [3.63, 3.8) is 0 Å². The molecule has 0 aliphatic heterocycles. The van der Waals surface area contributed by atoms with Crippen molar-refractivity contribution in [2.75, 3.05) is 11.1 Å². The first kappa shape index (κ1) is 15.0. The molecule has 4 nitrogen and oxygen atoms in total. The Labute approximate surface area is 130 Å².